The monoisotopic (exact) mass is 127 g/mol. The van der Waals surface area contributed by atoms with Crippen LogP contribution < -0.4 is 0 Å². The van der Waals surface area contributed by atoms with E-state index in [-0.39, 0.29) is 0 Å². The van der Waals surface area contributed by atoms with Crippen molar-refractivity contribution in [2.24, 2.45) is 5.11 Å². The van der Waals surface area contributed by atoms with E-state index >= 15 is 0 Å². The molecule has 0 aromatic carbocycles. The summed E-state index contributed by atoms with van der Waals surface area (Å²) in [5.41, 5.74) is 7.60. The van der Waals surface area contributed by atoms with Gasteiger partial charge in [-0.05, 0) is 12.0 Å². The Labute approximate surface area is 53.4 Å². The molecule has 1 aliphatic heterocycles. The van der Waals surface area contributed by atoms with Gasteiger partial charge in [0.2, 0.25) is 0 Å². The lowest BCUT2D eigenvalue weighted by Gasteiger charge is -2.36. The van der Waals surface area contributed by atoms with E-state index in [0.717, 1.165) is 19.4 Å². The molecule has 0 radical (unpaired) electrons. The van der Waals surface area contributed by atoms with Crippen molar-refractivity contribution >= 4 is 0 Å². The van der Waals surface area contributed by atoms with Gasteiger partial charge in [0.05, 0.1) is 6.61 Å². The SMILES string of the molecule is CCC1(N=[N+]=[N-])CCO1. The molecule has 4 heteroatoms. The standard InChI is InChI=1S/C5H9N3O/c1-2-5(7-8-6)3-4-9-5/h2-4H2,1H3. The largest absolute Gasteiger partial charge is 0.369 e. The molecule has 0 saturated carbocycles. The molecule has 1 aliphatic rings. The summed E-state index contributed by atoms with van der Waals surface area (Å²) < 4.78 is 5.09. The molecule has 0 bridgehead atoms. The van der Waals surface area contributed by atoms with E-state index in [1.165, 1.54) is 0 Å². The van der Waals surface area contributed by atoms with Crippen molar-refractivity contribution in [3.63, 3.8) is 0 Å². The average Bonchev–Trinajstić information content (AvgIpc) is 1.79. The Morgan fingerprint density at radius 1 is 1.89 bits per heavy atom. The molecule has 1 heterocycles. The molecule has 1 rings (SSSR count). The number of hydrogen-bond acceptors (Lipinski definition) is 2. The molecular weight excluding hydrogens is 118 g/mol. The Hall–Kier alpha value is -0.730. The molecule has 0 amide bonds. The zero-order chi connectivity index (χ0) is 6.74. The number of nitrogens with zero attached hydrogens (tertiary/aromatic N) is 3. The zero-order valence-corrected chi connectivity index (χ0v) is 5.37. The van der Waals surface area contributed by atoms with E-state index in [1.54, 1.807) is 0 Å². The van der Waals surface area contributed by atoms with Gasteiger partial charge in [0.1, 0.15) is 5.72 Å². The molecular formula is C5H9N3O. The maximum atomic E-state index is 8.08. The van der Waals surface area contributed by atoms with Gasteiger partial charge in [0, 0.05) is 11.3 Å². The second kappa shape index (κ2) is 2.25. The highest BCUT2D eigenvalue weighted by Crippen LogP contribution is 2.30. The first-order chi connectivity index (χ1) is 4.33. The van der Waals surface area contributed by atoms with Gasteiger partial charge in [0.25, 0.3) is 0 Å². The molecule has 1 atom stereocenters. The molecule has 0 aliphatic carbocycles. The summed E-state index contributed by atoms with van der Waals surface area (Å²) in [5, 5.41) is 3.54. The Balaban J connectivity index is 2.56. The molecule has 0 N–H and O–H groups in total. The Bertz CT molecular complexity index is 141. The van der Waals surface area contributed by atoms with Gasteiger partial charge in [-0.3, -0.25) is 0 Å². The van der Waals surface area contributed by atoms with Crippen LogP contribution in [0.15, 0.2) is 5.11 Å². The molecule has 9 heavy (non-hydrogen) atoms. The number of hydrogen-bond donors (Lipinski definition) is 0. The quantitative estimate of drug-likeness (QED) is 0.317. The van der Waals surface area contributed by atoms with Crippen LogP contribution in [0, 0.1) is 0 Å². The highest BCUT2D eigenvalue weighted by molar-refractivity contribution is 4.83. The van der Waals surface area contributed by atoms with Gasteiger partial charge < -0.3 is 4.74 Å². The third kappa shape index (κ3) is 0.992. The lowest BCUT2D eigenvalue weighted by molar-refractivity contribution is -0.143. The Morgan fingerprint density at radius 3 is 2.67 bits per heavy atom. The third-order valence-corrected chi connectivity index (χ3v) is 1.64. The zero-order valence-electron chi connectivity index (χ0n) is 5.37. The van der Waals surface area contributed by atoms with Crippen LogP contribution in [0.1, 0.15) is 19.8 Å². The molecule has 0 spiro atoms. The fourth-order valence-electron chi connectivity index (χ4n) is 0.848. The van der Waals surface area contributed by atoms with E-state index in [2.05, 4.69) is 10.0 Å². The van der Waals surface area contributed by atoms with Crippen LogP contribution in [0.25, 0.3) is 10.4 Å². The van der Waals surface area contributed by atoms with Crippen molar-refractivity contribution in [1.29, 1.82) is 0 Å². The summed E-state index contributed by atoms with van der Waals surface area (Å²) in [7, 11) is 0. The molecule has 1 saturated heterocycles. The Morgan fingerprint density at radius 2 is 2.56 bits per heavy atom. The summed E-state index contributed by atoms with van der Waals surface area (Å²) in [6.45, 7) is 2.68. The number of rotatable bonds is 2. The predicted octanol–water partition coefficient (Wildman–Crippen LogP) is 1.82. The highest BCUT2D eigenvalue weighted by atomic mass is 16.5. The normalized spacial score (nSPS) is 32.6. The van der Waals surface area contributed by atoms with Gasteiger partial charge >= 0.3 is 0 Å². The van der Waals surface area contributed by atoms with E-state index in [9.17, 15) is 0 Å². The van der Waals surface area contributed by atoms with E-state index < -0.39 is 5.72 Å². The first-order valence-corrected chi connectivity index (χ1v) is 3.03. The fraction of sp³-hybridized carbons (Fsp3) is 1.00. The van der Waals surface area contributed by atoms with Crippen LogP contribution in [-0.4, -0.2) is 12.3 Å². The molecule has 1 fully saturated rings. The van der Waals surface area contributed by atoms with Crippen molar-refractivity contribution in [3.05, 3.63) is 10.4 Å². The number of ether oxygens (including phenoxy) is 1. The summed E-state index contributed by atoms with van der Waals surface area (Å²) in [6.07, 6.45) is 1.64. The summed E-state index contributed by atoms with van der Waals surface area (Å²) in [6, 6.07) is 0. The van der Waals surface area contributed by atoms with Crippen molar-refractivity contribution < 1.29 is 4.74 Å². The van der Waals surface area contributed by atoms with Crippen molar-refractivity contribution in [2.45, 2.75) is 25.5 Å². The topological polar surface area (TPSA) is 58.0 Å². The maximum Gasteiger partial charge on any atom is 0.148 e. The maximum absolute atomic E-state index is 8.08. The van der Waals surface area contributed by atoms with Crippen molar-refractivity contribution in [3.8, 4) is 0 Å². The molecule has 0 aromatic rings. The van der Waals surface area contributed by atoms with Gasteiger partial charge in [-0.1, -0.05) is 12.0 Å². The van der Waals surface area contributed by atoms with Crippen LogP contribution in [-0.2, 0) is 4.74 Å². The van der Waals surface area contributed by atoms with E-state index in [1.807, 2.05) is 6.92 Å². The third-order valence-electron chi connectivity index (χ3n) is 1.64. The first kappa shape index (κ1) is 6.39. The predicted molar refractivity (Wildman–Crippen MR) is 32.7 cm³/mol. The van der Waals surface area contributed by atoms with Crippen molar-refractivity contribution in [1.82, 2.24) is 0 Å². The van der Waals surface area contributed by atoms with Gasteiger partial charge in [-0.25, -0.2) is 0 Å². The minimum absolute atomic E-state index is 0.477. The summed E-state index contributed by atoms with van der Waals surface area (Å²) in [4.78, 5) is 2.70. The van der Waals surface area contributed by atoms with Gasteiger partial charge in [0.15, 0.2) is 0 Å². The lowest BCUT2D eigenvalue weighted by atomic mass is 10.0. The minimum Gasteiger partial charge on any atom is -0.369 e. The van der Waals surface area contributed by atoms with E-state index in [0.29, 0.717) is 0 Å². The van der Waals surface area contributed by atoms with Gasteiger partial charge in [-0.15, -0.1) is 0 Å². The second-order valence-electron chi connectivity index (χ2n) is 2.09. The average molecular weight is 127 g/mol. The highest BCUT2D eigenvalue weighted by Gasteiger charge is 2.35. The fourth-order valence-corrected chi connectivity index (χ4v) is 0.848. The van der Waals surface area contributed by atoms with Crippen LogP contribution in [0.2, 0.25) is 0 Å². The second-order valence-corrected chi connectivity index (χ2v) is 2.09. The Kier molecular flexibility index (Phi) is 1.60. The molecule has 4 nitrogen and oxygen atoms in total. The van der Waals surface area contributed by atoms with Gasteiger partial charge in [-0.2, -0.15) is 0 Å². The van der Waals surface area contributed by atoms with Crippen LogP contribution in [0.3, 0.4) is 0 Å². The molecule has 0 aromatic heterocycles. The molecule has 50 valence electrons. The van der Waals surface area contributed by atoms with E-state index in [4.69, 9.17) is 10.3 Å². The summed E-state index contributed by atoms with van der Waals surface area (Å²) in [5.74, 6) is 0. The smallest absolute Gasteiger partial charge is 0.148 e. The van der Waals surface area contributed by atoms with Crippen LogP contribution in [0.4, 0.5) is 0 Å². The van der Waals surface area contributed by atoms with Crippen molar-refractivity contribution in [2.75, 3.05) is 6.61 Å². The number of azide groups is 1. The lowest BCUT2D eigenvalue weighted by Crippen LogP contribution is -2.40. The molecule has 1 unspecified atom stereocenters. The van der Waals surface area contributed by atoms with Crippen LogP contribution >= 0.6 is 0 Å². The van der Waals surface area contributed by atoms with Crippen LogP contribution in [0.5, 0.6) is 0 Å². The minimum atomic E-state index is -0.477. The first-order valence-electron chi connectivity index (χ1n) is 3.03. The summed E-state index contributed by atoms with van der Waals surface area (Å²) >= 11 is 0.